The first kappa shape index (κ1) is 18.5. The fourth-order valence-corrected chi connectivity index (χ4v) is 2.84. The molecule has 29 heavy (non-hydrogen) atoms. The van der Waals surface area contributed by atoms with E-state index in [4.69, 9.17) is 0 Å². The third-order valence-corrected chi connectivity index (χ3v) is 4.37. The number of hydrogen-bond acceptors (Lipinski definition) is 4. The number of aryl methyl sites for hydroxylation is 1. The van der Waals surface area contributed by atoms with Crippen molar-refractivity contribution < 1.29 is 13.6 Å². The van der Waals surface area contributed by atoms with Crippen LogP contribution >= 0.6 is 0 Å². The number of nitrogens with zero attached hydrogens (tertiary/aromatic N) is 5. The quantitative estimate of drug-likeness (QED) is 0.563. The minimum absolute atomic E-state index is 0.0277. The number of rotatable bonds is 5. The molecule has 0 radical (unpaired) electrons. The van der Waals surface area contributed by atoms with Crippen molar-refractivity contribution in [2.24, 2.45) is 0 Å². The largest absolute Gasteiger partial charge is 0.305 e. The molecule has 3 heterocycles. The molecule has 3 aromatic heterocycles. The lowest BCUT2D eigenvalue weighted by atomic mass is 10.2. The second kappa shape index (κ2) is 7.63. The van der Waals surface area contributed by atoms with E-state index < -0.39 is 17.5 Å². The maximum absolute atomic E-state index is 14.0. The summed E-state index contributed by atoms with van der Waals surface area (Å²) in [6.45, 7) is 1.73. The summed E-state index contributed by atoms with van der Waals surface area (Å²) in [6.07, 6.45) is 8.14. The van der Waals surface area contributed by atoms with Crippen molar-refractivity contribution in [3.63, 3.8) is 0 Å². The Labute approximate surface area is 164 Å². The number of carbonyl (C=O) groups excluding carboxylic acids is 1. The van der Waals surface area contributed by atoms with Gasteiger partial charge in [0.05, 0.1) is 31.0 Å². The van der Waals surface area contributed by atoms with Gasteiger partial charge in [0.1, 0.15) is 23.1 Å². The summed E-state index contributed by atoms with van der Waals surface area (Å²) in [5.74, 6) is -1.14. The Bertz CT molecular complexity index is 1150. The Hall–Kier alpha value is -3.88. The highest BCUT2D eigenvalue weighted by molar-refractivity contribution is 6.02. The predicted octanol–water partition coefficient (Wildman–Crippen LogP) is 3.35. The van der Waals surface area contributed by atoms with E-state index in [-0.39, 0.29) is 17.8 Å². The first-order chi connectivity index (χ1) is 14.0. The fourth-order valence-electron chi connectivity index (χ4n) is 2.84. The minimum atomic E-state index is -0.548. The summed E-state index contributed by atoms with van der Waals surface area (Å²) < 4.78 is 30.6. The van der Waals surface area contributed by atoms with Crippen LogP contribution in [0.3, 0.4) is 0 Å². The van der Waals surface area contributed by atoms with Crippen molar-refractivity contribution in [1.29, 1.82) is 0 Å². The van der Waals surface area contributed by atoms with E-state index >= 15 is 0 Å². The van der Waals surface area contributed by atoms with Gasteiger partial charge in [-0.05, 0) is 37.3 Å². The molecule has 146 valence electrons. The van der Waals surface area contributed by atoms with E-state index in [0.29, 0.717) is 11.4 Å². The molecule has 0 atom stereocenters. The summed E-state index contributed by atoms with van der Waals surface area (Å²) in [5, 5.41) is 6.91. The van der Waals surface area contributed by atoms with Crippen LogP contribution in [0.2, 0.25) is 0 Å². The molecule has 0 bridgehead atoms. The molecule has 0 unspecified atom stereocenters. The molecule has 1 aromatic carbocycles. The number of nitrogens with one attached hydrogen (secondary N) is 1. The van der Waals surface area contributed by atoms with Gasteiger partial charge in [0, 0.05) is 23.5 Å². The Kier molecular flexibility index (Phi) is 4.86. The van der Waals surface area contributed by atoms with Gasteiger partial charge in [0.15, 0.2) is 0 Å². The van der Waals surface area contributed by atoms with E-state index in [2.05, 4.69) is 20.4 Å². The molecule has 0 saturated carbocycles. The van der Waals surface area contributed by atoms with Gasteiger partial charge in [0.25, 0.3) is 5.91 Å². The van der Waals surface area contributed by atoms with Crippen molar-refractivity contribution in [3.8, 4) is 5.69 Å². The van der Waals surface area contributed by atoms with Gasteiger partial charge >= 0.3 is 0 Å². The summed E-state index contributed by atoms with van der Waals surface area (Å²) in [6, 6.07) is 6.55. The van der Waals surface area contributed by atoms with Gasteiger partial charge in [-0.1, -0.05) is 0 Å². The van der Waals surface area contributed by atoms with Crippen LogP contribution in [0.4, 0.5) is 14.6 Å². The maximum Gasteiger partial charge on any atom is 0.275 e. The summed E-state index contributed by atoms with van der Waals surface area (Å²) in [7, 11) is 0. The van der Waals surface area contributed by atoms with Gasteiger partial charge in [-0.3, -0.25) is 4.79 Å². The van der Waals surface area contributed by atoms with Crippen LogP contribution in [0.25, 0.3) is 5.69 Å². The highest BCUT2D eigenvalue weighted by Gasteiger charge is 2.15. The van der Waals surface area contributed by atoms with Crippen LogP contribution < -0.4 is 5.32 Å². The van der Waals surface area contributed by atoms with Crippen LogP contribution in [-0.2, 0) is 6.54 Å². The number of carbonyl (C=O) groups is 1. The molecule has 1 amide bonds. The van der Waals surface area contributed by atoms with Crippen molar-refractivity contribution in [3.05, 3.63) is 89.9 Å². The molecule has 1 N–H and O–H groups in total. The van der Waals surface area contributed by atoms with Crippen molar-refractivity contribution in [1.82, 2.24) is 24.3 Å². The molecule has 0 spiro atoms. The smallest absolute Gasteiger partial charge is 0.275 e. The zero-order valence-corrected chi connectivity index (χ0v) is 15.4. The average molecular weight is 394 g/mol. The van der Waals surface area contributed by atoms with Crippen LogP contribution in [-0.4, -0.2) is 30.2 Å². The van der Waals surface area contributed by atoms with Gasteiger partial charge in [-0.25, -0.2) is 23.4 Å². The topological polar surface area (TPSA) is 77.6 Å². The molecular weight excluding hydrogens is 378 g/mol. The number of hydrogen-bond donors (Lipinski definition) is 1. The van der Waals surface area contributed by atoms with Gasteiger partial charge in [-0.15, -0.1) is 0 Å². The van der Waals surface area contributed by atoms with Crippen LogP contribution in [0.15, 0.2) is 61.4 Å². The molecule has 0 aliphatic carbocycles. The number of aromatic nitrogens is 5. The summed E-state index contributed by atoms with van der Waals surface area (Å²) >= 11 is 0. The summed E-state index contributed by atoms with van der Waals surface area (Å²) in [5.41, 5.74) is 1.79. The van der Waals surface area contributed by atoms with Crippen molar-refractivity contribution in [2.45, 2.75) is 13.5 Å². The number of pyridine rings is 1. The second-order valence-electron chi connectivity index (χ2n) is 6.40. The molecule has 7 nitrogen and oxygen atoms in total. The van der Waals surface area contributed by atoms with E-state index in [9.17, 15) is 13.6 Å². The maximum atomic E-state index is 14.0. The zero-order chi connectivity index (χ0) is 20.4. The molecule has 0 saturated heterocycles. The number of halogens is 2. The van der Waals surface area contributed by atoms with Gasteiger partial charge < -0.3 is 9.88 Å². The number of benzene rings is 1. The fraction of sp³-hybridized carbons (Fsp3) is 0.100. The SMILES string of the molecule is Cc1cnn(Cc2cc(F)ccc2F)c1NC(=O)c1ccc(-n2ccnc2)cn1. The number of anilines is 1. The Balaban J connectivity index is 1.54. The van der Waals surface area contributed by atoms with E-state index in [0.717, 1.165) is 23.9 Å². The van der Waals surface area contributed by atoms with Crippen LogP contribution in [0.5, 0.6) is 0 Å². The third-order valence-electron chi connectivity index (χ3n) is 4.37. The Morgan fingerprint density at radius 3 is 2.76 bits per heavy atom. The molecule has 4 aromatic rings. The Morgan fingerprint density at radius 2 is 2.03 bits per heavy atom. The lowest BCUT2D eigenvalue weighted by Gasteiger charge is -2.11. The molecular formula is C20H16F2N6O. The van der Waals surface area contributed by atoms with Crippen molar-refractivity contribution >= 4 is 11.7 Å². The highest BCUT2D eigenvalue weighted by atomic mass is 19.1. The van der Waals surface area contributed by atoms with E-state index in [1.54, 1.807) is 54.7 Å². The molecule has 4 rings (SSSR count). The minimum Gasteiger partial charge on any atom is -0.305 e. The van der Waals surface area contributed by atoms with Crippen LogP contribution in [0.1, 0.15) is 21.6 Å². The number of amides is 1. The molecule has 0 aliphatic rings. The Morgan fingerprint density at radius 1 is 1.17 bits per heavy atom. The van der Waals surface area contributed by atoms with E-state index in [1.165, 1.54) is 4.68 Å². The molecule has 0 aliphatic heterocycles. The first-order valence-electron chi connectivity index (χ1n) is 8.73. The lowest BCUT2D eigenvalue weighted by molar-refractivity contribution is 0.102. The zero-order valence-electron chi connectivity index (χ0n) is 15.4. The first-order valence-corrected chi connectivity index (χ1v) is 8.73. The van der Waals surface area contributed by atoms with Gasteiger partial charge in [0.2, 0.25) is 0 Å². The number of imidazole rings is 1. The van der Waals surface area contributed by atoms with E-state index in [1.807, 2.05) is 0 Å². The average Bonchev–Trinajstić information content (AvgIpc) is 3.37. The summed E-state index contributed by atoms with van der Waals surface area (Å²) in [4.78, 5) is 20.8. The highest BCUT2D eigenvalue weighted by Crippen LogP contribution is 2.19. The molecule has 0 fully saturated rings. The van der Waals surface area contributed by atoms with Gasteiger partial charge in [-0.2, -0.15) is 5.10 Å². The van der Waals surface area contributed by atoms with Crippen LogP contribution in [0, 0.1) is 18.6 Å². The standard InChI is InChI=1S/C20H16F2N6O/c1-13-9-25-28(11-14-8-15(21)2-4-17(14)22)19(13)26-20(29)18-5-3-16(10-24-18)27-7-6-23-12-27/h2-10,12H,11H2,1H3,(H,26,29). The molecule has 9 heteroatoms. The third kappa shape index (κ3) is 3.88. The van der Waals surface area contributed by atoms with Crippen molar-refractivity contribution in [2.75, 3.05) is 5.32 Å². The second-order valence-corrected chi connectivity index (χ2v) is 6.40. The normalized spacial score (nSPS) is 10.9. The predicted molar refractivity (Wildman–Crippen MR) is 102 cm³/mol. The monoisotopic (exact) mass is 394 g/mol. The lowest BCUT2D eigenvalue weighted by Crippen LogP contribution is -2.18.